The first kappa shape index (κ1) is 24.0. The molecule has 0 radical (unpaired) electrons. The molecule has 5 heterocycles. The summed E-state index contributed by atoms with van der Waals surface area (Å²) in [7, 11) is 0. The first-order valence-corrected chi connectivity index (χ1v) is 13.2. The highest BCUT2D eigenvalue weighted by atomic mass is 32.2. The molecule has 11 heteroatoms. The highest BCUT2D eigenvalue weighted by Crippen LogP contribution is 2.36. The zero-order valence-electron chi connectivity index (χ0n) is 20.1. The van der Waals surface area contributed by atoms with Crippen molar-refractivity contribution in [1.82, 2.24) is 14.3 Å². The maximum Gasteiger partial charge on any atom is 0.267 e. The van der Waals surface area contributed by atoms with Gasteiger partial charge in [0.25, 0.3) is 11.5 Å². The van der Waals surface area contributed by atoms with Crippen molar-refractivity contribution in [3.63, 3.8) is 0 Å². The lowest BCUT2D eigenvalue weighted by atomic mass is 10.2. The number of anilines is 1. The van der Waals surface area contributed by atoms with Crippen molar-refractivity contribution in [2.45, 2.75) is 32.4 Å². The molecular weight excluding hydrogens is 512 g/mol. The van der Waals surface area contributed by atoms with E-state index in [0.29, 0.717) is 44.3 Å². The molecule has 2 aromatic heterocycles. The molecule has 2 fully saturated rings. The number of carbonyl (C=O) groups excluding carboxylic acids is 1. The van der Waals surface area contributed by atoms with Gasteiger partial charge in [0.15, 0.2) is 11.5 Å². The van der Waals surface area contributed by atoms with Crippen LogP contribution in [0, 0.1) is 6.92 Å². The number of hydrogen-bond donors (Lipinski definition) is 1. The lowest BCUT2D eigenvalue weighted by molar-refractivity contribution is -0.122. The molecule has 1 unspecified atom stereocenters. The molecular formula is C26H24N4O5S2. The molecule has 1 N–H and O–H groups in total. The minimum atomic E-state index is -0.260. The zero-order chi connectivity index (χ0) is 25.5. The molecule has 0 saturated carbocycles. The van der Waals surface area contributed by atoms with E-state index in [1.54, 1.807) is 18.3 Å². The Balaban J connectivity index is 1.33. The molecule has 37 heavy (non-hydrogen) atoms. The normalized spacial score (nSPS) is 20.0. The van der Waals surface area contributed by atoms with Crippen LogP contribution in [0.25, 0.3) is 11.7 Å². The Morgan fingerprint density at radius 1 is 1.24 bits per heavy atom. The summed E-state index contributed by atoms with van der Waals surface area (Å²) in [6.45, 7) is 3.64. The number of aromatic nitrogens is 2. The summed E-state index contributed by atoms with van der Waals surface area (Å²) in [6.07, 6.45) is 5.31. The molecule has 9 nitrogen and oxygen atoms in total. The Hall–Kier alpha value is -3.41. The van der Waals surface area contributed by atoms with Gasteiger partial charge in [0, 0.05) is 19.3 Å². The fraction of sp³-hybridized carbons (Fsp3) is 0.308. The number of nitrogens with zero attached hydrogens (tertiary/aromatic N) is 3. The van der Waals surface area contributed by atoms with Crippen molar-refractivity contribution in [1.29, 1.82) is 0 Å². The monoisotopic (exact) mass is 536 g/mol. The predicted octanol–water partition coefficient (Wildman–Crippen LogP) is 3.72. The van der Waals surface area contributed by atoms with Crippen LogP contribution in [-0.2, 0) is 16.1 Å². The van der Waals surface area contributed by atoms with Gasteiger partial charge in [-0.3, -0.25) is 18.9 Å². The molecule has 3 aromatic rings. The van der Waals surface area contributed by atoms with Gasteiger partial charge in [-0.1, -0.05) is 36.1 Å². The number of aryl methyl sites for hydroxylation is 1. The van der Waals surface area contributed by atoms with E-state index in [2.05, 4.69) is 5.32 Å². The van der Waals surface area contributed by atoms with Gasteiger partial charge < -0.3 is 19.5 Å². The van der Waals surface area contributed by atoms with Crippen LogP contribution >= 0.6 is 24.0 Å². The smallest absolute Gasteiger partial charge is 0.267 e. The van der Waals surface area contributed by atoms with Crippen LogP contribution in [0.5, 0.6) is 11.5 Å². The molecule has 2 saturated heterocycles. The molecule has 3 aliphatic heterocycles. The third-order valence-electron chi connectivity index (χ3n) is 6.53. The summed E-state index contributed by atoms with van der Waals surface area (Å²) in [4.78, 5) is 33.6. The highest BCUT2D eigenvalue weighted by molar-refractivity contribution is 8.26. The summed E-state index contributed by atoms with van der Waals surface area (Å²) >= 11 is 6.71. The fourth-order valence-electron chi connectivity index (χ4n) is 4.58. The van der Waals surface area contributed by atoms with E-state index in [1.807, 2.05) is 31.2 Å². The van der Waals surface area contributed by atoms with E-state index >= 15 is 0 Å². The van der Waals surface area contributed by atoms with Gasteiger partial charge in [0.2, 0.25) is 6.79 Å². The number of ether oxygens (including phenoxy) is 3. The number of pyridine rings is 1. The average Bonchev–Trinajstić information content (AvgIpc) is 3.63. The molecule has 190 valence electrons. The number of thioether (sulfide) groups is 1. The van der Waals surface area contributed by atoms with E-state index in [0.717, 1.165) is 30.6 Å². The molecule has 0 spiro atoms. The summed E-state index contributed by atoms with van der Waals surface area (Å²) in [5, 5.41) is 3.30. The summed E-state index contributed by atoms with van der Waals surface area (Å²) in [5.74, 6) is 1.49. The highest BCUT2D eigenvalue weighted by Gasteiger charge is 2.33. The number of fused-ring (bicyclic) bond motifs is 2. The van der Waals surface area contributed by atoms with Crippen LogP contribution in [0.2, 0.25) is 0 Å². The summed E-state index contributed by atoms with van der Waals surface area (Å²) in [6, 6.07) is 9.26. The van der Waals surface area contributed by atoms with Crippen LogP contribution in [0.15, 0.2) is 46.2 Å². The van der Waals surface area contributed by atoms with E-state index in [-0.39, 0.29) is 30.9 Å². The van der Waals surface area contributed by atoms with Crippen LogP contribution < -0.4 is 20.3 Å². The van der Waals surface area contributed by atoms with Crippen molar-refractivity contribution in [2.24, 2.45) is 0 Å². The third-order valence-corrected chi connectivity index (χ3v) is 7.91. The summed E-state index contributed by atoms with van der Waals surface area (Å²) in [5.41, 5.74) is 2.36. The average molecular weight is 537 g/mol. The minimum absolute atomic E-state index is 0.0601. The number of amides is 1. The SMILES string of the molecule is Cc1cccn2c(=O)c(/C=C3\SC(=S)N(Cc4ccc5c(c4)OCO5)C3=O)c(NCC3CCCO3)nc12. The maximum absolute atomic E-state index is 13.6. The Kier molecular flexibility index (Phi) is 6.35. The van der Waals surface area contributed by atoms with Crippen molar-refractivity contribution >= 4 is 51.7 Å². The minimum Gasteiger partial charge on any atom is -0.454 e. The van der Waals surface area contributed by atoms with E-state index in [1.165, 1.54) is 21.1 Å². The van der Waals surface area contributed by atoms with Gasteiger partial charge in [-0.05, 0) is 55.2 Å². The van der Waals surface area contributed by atoms with Gasteiger partial charge >= 0.3 is 0 Å². The van der Waals surface area contributed by atoms with Crippen LogP contribution in [-0.4, -0.2) is 50.6 Å². The van der Waals surface area contributed by atoms with Crippen LogP contribution in [0.4, 0.5) is 5.82 Å². The Morgan fingerprint density at radius 3 is 2.95 bits per heavy atom. The Bertz CT molecular complexity index is 1510. The van der Waals surface area contributed by atoms with Crippen molar-refractivity contribution in [3.05, 3.63) is 68.5 Å². The number of hydrogen-bond acceptors (Lipinski definition) is 9. The van der Waals surface area contributed by atoms with Gasteiger partial charge in [-0.15, -0.1) is 0 Å². The lowest BCUT2D eigenvalue weighted by Gasteiger charge is -2.15. The number of nitrogens with one attached hydrogen (secondary N) is 1. The van der Waals surface area contributed by atoms with Crippen molar-refractivity contribution < 1.29 is 19.0 Å². The molecule has 1 amide bonds. The van der Waals surface area contributed by atoms with Gasteiger partial charge in [0.05, 0.1) is 23.1 Å². The fourth-order valence-corrected chi connectivity index (χ4v) is 5.82. The Morgan fingerprint density at radius 2 is 2.11 bits per heavy atom. The largest absolute Gasteiger partial charge is 0.454 e. The van der Waals surface area contributed by atoms with E-state index in [4.69, 9.17) is 31.4 Å². The number of carbonyl (C=O) groups is 1. The number of rotatable bonds is 6. The summed E-state index contributed by atoms with van der Waals surface area (Å²) < 4.78 is 18.5. The first-order chi connectivity index (χ1) is 18.0. The van der Waals surface area contributed by atoms with E-state index in [9.17, 15) is 9.59 Å². The first-order valence-electron chi connectivity index (χ1n) is 12.0. The predicted molar refractivity (Wildman–Crippen MR) is 145 cm³/mol. The zero-order valence-corrected chi connectivity index (χ0v) is 21.7. The van der Waals surface area contributed by atoms with Gasteiger partial charge in [-0.25, -0.2) is 4.98 Å². The molecule has 0 bridgehead atoms. The van der Waals surface area contributed by atoms with Crippen LogP contribution in [0.1, 0.15) is 29.5 Å². The van der Waals surface area contributed by atoms with Crippen LogP contribution in [0.3, 0.4) is 0 Å². The maximum atomic E-state index is 13.6. The van der Waals surface area contributed by atoms with E-state index < -0.39 is 0 Å². The second-order valence-corrected chi connectivity index (χ2v) is 10.7. The quantitative estimate of drug-likeness (QED) is 0.374. The van der Waals surface area contributed by atoms with Crippen molar-refractivity contribution in [2.75, 3.05) is 25.3 Å². The van der Waals surface area contributed by atoms with Gasteiger partial charge in [-0.2, -0.15) is 0 Å². The lowest BCUT2D eigenvalue weighted by Crippen LogP contribution is -2.27. The van der Waals surface area contributed by atoms with Crippen molar-refractivity contribution in [3.8, 4) is 11.5 Å². The van der Waals surface area contributed by atoms with Gasteiger partial charge in [0.1, 0.15) is 15.8 Å². The number of benzene rings is 1. The molecule has 1 aromatic carbocycles. The topological polar surface area (TPSA) is 94.4 Å². The third kappa shape index (κ3) is 4.58. The molecule has 6 rings (SSSR count). The number of thiocarbonyl (C=S) groups is 1. The second kappa shape index (κ2) is 9.81. The molecule has 3 aliphatic rings. The molecule has 0 aliphatic carbocycles. The molecule has 1 atom stereocenters. The standard InChI is InChI=1S/C26H24N4O5S2/c1-15-4-2-8-29-23(15)28-22(27-12-17-5-3-9-33-17)18(24(29)31)11-21-25(32)30(26(36)37-21)13-16-6-7-19-20(10-16)35-14-34-19/h2,4,6-8,10-11,17,27H,3,5,9,12-14H2,1H3/b21-11-. The second-order valence-electron chi connectivity index (χ2n) is 9.04. The Labute approximate surface area is 222 Å².